The summed E-state index contributed by atoms with van der Waals surface area (Å²) in [6.07, 6.45) is 1.89. The summed E-state index contributed by atoms with van der Waals surface area (Å²) in [6, 6.07) is 13.3. The zero-order valence-corrected chi connectivity index (χ0v) is 13.2. The van der Waals surface area contributed by atoms with Crippen LogP contribution in [0.15, 0.2) is 30.3 Å². The van der Waals surface area contributed by atoms with Gasteiger partial charge in [0.15, 0.2) is 0 Å². The Bertz CT molecular complexity index is 422. The Morgan fingerprint density at radius 1 is 1.25 bits per heavy atom. The van der Waals surface area contributed by atoms with Crippen LogP contribution < -0.4 is 5.32 Å². The van der Waals surface area contributed by atoms with E-state index in [4.69, 9.17) is 0 Å². The predicted molar refractivity (Wildman–Crippen MR) is 84.5 cm³/mol. The van der Waals surface area contributed by atoms with Crippen molar-refractivity contribution in [1.29, 1.82) is 5.26 Å². The van der Waals surface area contributed by atoms with Crippen LogP contribution >= 0.6 is 0 Å². The van der Waals surface area contributed by atoms with E-state index in [1.165, 1.54) is 5.56 Å². The number of hydrogen-bond acceptors (Lipinski definition) is 3. The fraction of sp³-hybridized carbons (Fsp3) is 0.588. The van der Waals surface area contributed by atoms with Crippen LogP contribution in [0.3, 0.4) is 0 Å². The maximum Gasteiger partial charge on any atom is 0.105 e. The minimum atomic E-state index is -0.435. The van der Waals surface area contributed by atoms with Crippen LogP contribution in [-0.2, 0) is 6.42 Å². The van der Waals surface area contributed by atoms with Gasteiger partial charge in [-0.25, -0.2) is 0 Å². The number of nitrogens with zero attached hydrogens (tertiary/aromatic N) is 2. The van der Waals surface area contributed by atoms with Crippen LogP contribution in [0.4, 0.5) is 0 Å². The van der Waals surface area contributed by atoms with Crippen LogP contribution in [0, 0.1) is 11.3 Å². The Morgan fingerprint density at radius 2 is 1.90 bits per heavy atom. The molecule has 0 amide bonds. The second-order valence-electron chi connectivity index (χ2n) is 6.03. The van der Waals surface area contributed by atoms with Crippen LogP contribution in [0.2, 0.25) is 0 Å². The van der Waals surface area contributed by atoms with Gasteiger partial charge in [-0.3, -0.25) is 5.32 Å². The predicted octanol–water partition coefficient (Wildman–Crippen LogP) is 2.83. The summed E-state index contributed by atoms with van der Waals surface area (Å²) in [6.45, 7) is 8.09. The first-order valence-electron chi connectivity index (χ1n) is 7.36. The third-order valence-electron chi connectivity index (χ3n) is 3.47. The third-order valence-corrected chi connectivity index (χ3v) is 3.47. The highest BCUT2D eigenvalue weighted by Gasteiger charge is 2.24. The van der Waals surface area contributed by atoms with Crippen LogP contribution in [0.25, 0.3) is 0 Å². The number of nitrogens with one attached hydrogen (secondary N) is 1. The average molecular weight is 273 g/mol. The SMILES string of the molecule is CC(C)NC(C)(C#N)CCN(C)CCc1ccccc1. The molecule has 1 N–H and O–H groups in total. The number of hydrogen-bond donors (Lipinski definition) is 1. The maximum atomic E-state index is 9.32. The van der Waals surface area contributed by atoms with Crippen molar-refractivity contribution < 1.29 is 0 Å². The molecular weight excluding hydrogens is 246 g/mol. The highest BCUT2D eigenvalue weighted by Crippen LogP contribution is 2.10. The first-order valence-corrected chi connectivity index (χ1v) is 7.36. The summed E-state index contributed by atoms with van der Waals surface area (Å²) < 4.78 is 0. The normalized spacial score (nSPS) is 14.2. The highest BCUT2D eigenvalue weighted by atomic mass is 15.1. The lowest BCUT2D eigenvalue weighted by molar-refractivity contribution is 0.282. The van der Waals surface area contributed by atoms with Gasteiger partial charge in [0.05, 0.1) is 6.07 Å². The lowest BCUT2D eigenvalue weighted by atomic mass is 9.98. The fourth-order valence-electron chi connectivity index (χ4n) is 2.29. The summed E-state index contributed by atoms with van der Waals surface area (Å²) in [5.74, 6) is 0. The molecule has 0 aliphatic heterocycles. The largest absolute Gasteiger partial charge is 0.306 e. The van der Waals surface area contributed by atoms with E-state index in [0.717, 1.165) is 25.9 Å². The summed E-state index contributed by atoms with van der Waals surface area (Å²) in [4.78, 5) is 2.30. The van der Waals surface area contributed by atoms with E-state index >= 15 is 0 Å². The summed E-state index contributed by atoms with van der Waals surface area (Å²) >= 11 is 0. The van der Waals surface area contributed by atoms with Gasteiger partial charge in [0.2, 0.25) is 0 Å². The molecule has 0 fully saturated rings. The lowest BCUT2D eigenvalue weighted by Crippen LogP contribution is -2.46. The highest BCUT2D eigenvalue weighted by molar-refractivity contribution is 5.14. The average Bonchev–Trinajstić information content (AvgIpc) is 2.43. The molecular formula is C17H27N3. The summed E-state index contributed by atoms with van der Waals surface area (Å²) in [7, 11) is 2.12. The molecule has 0 aromatic heterocycles. The third kappa shape index (κ3) is 6.18. The van der Waals surface area contributed by atoms with Crippen molar-refractivity contribution in [2.45, 2.75) is 45.2 Å². The van der Waals surface area contributed by atoms with Gasteiger partial charge in [-0.1, -0.05) is 30.3 Å². The van der Waals surface area contributed by atoms with Crippen LogP contribution in [0.5, 0.6) is 0 Å². The fourth-order valence-corrected chi connectivity index (χ4v) is 2.29. The monoisotopic (exact) mass is 273 g/mol. The van der Waals surface area contributed by atoms with Gasteiger partial charge >= 0.3 is 0 Å². The Kier molecular flexibility index (Phi) is 6.70. The molecule has 110 valence electrons. The molecule has 3 nitrogen and oxygen atoms in total. The van der Waals surface area contributed by atoms with Gasteiger partial charge in [-0.15, -0.1) is 0 Å². The maximum absolute atomic E-state index is 9.32. The van der Waals surface area contributed by atoms with Crippen LogP contribution in [0.1, 0.15) is 32.8 Å². The molecule has 1 aromatic carbocycles. The number of benzene rings is 1. The van der Waals surface area contributed by atoms with Crippen LogP contribution in [-0.4, -0.2) is 36.6 Å². The lowest BCUT2D eigenvalue weighted by Gasteiger charge is -2.28. The molecule has 1 aromatic rings. The molecule has 0 heterocycles. The zero-order valence-electron chi connectivity index (χ0n) is 13.2. The van der Waals surface area contributed by atoms with Crippen molar-refractivity contribution in [2.24, 2.45) is 0 Å². The molecule has 1 rings (SSSR count). The number of nitriles is 1. The molecule has 0 saturated heterocycles. The molecule has 1 unspecified atom stereocenters. The second-order valence-corrected chi connectivity index (χ2v) is 6.03. The second kappa shape index (κ2) is 8.04. The van der Waals surface area contributed by atoms with Gasteiger partial charge in [0.1, 0.15) is 5.54 Å². The first kappa shape index (κ1) is 16.7. The van der Waals surface area contributed by atoms with Crippen molar-refractivity contribution in [2.75, 3.05) is 20.1 Å². The van der Waals surface area contributed by atoms with E-state index in [1.54, 1.807) is 0 Å². The van der Waals surface area contributed by atoms with Gasteiger partial charge < -0.3 is 4.90 Å². The van der Waals surface area contributed by atoms with E-state index in [2.05, 4.69) is 61.4 Å². The Morgan fingerprint density at radius 3 is 2.45 bits per heavy atom. The van der Waals surface area contributed by atoms with Gasteiger partial charge in [-0.2, -0.15) is 5.26 Å². The zero-order chi connectivity index (χ0) is 15.0. The molecule has 0 saturated carbocycles. The topological polar surface area (TPSA) is 39.1 Å². The summed E-state index contributed by atoms with van der Waals surface area (Å²) in [5, 5.41) is 12.7. The first-order chi connectivity index (χ1) is 9.45. The van der Waals surface area contributed by atoms with Crippen molar-refractivity contribution >= 4 is 0 Å². The standard InChI is InChI=1S/C17H27N3/c1-15(2)19-17(3,14-18)11-13-20(4)12-10-16-8-6-5-7-9-16/h5-9,15,19H,10-13H2,1-4H3. The Balaban J connectivity index is 2.35. The molecule has 1 atom stereocenters. The molecule has 3 heteroatoms. The summed E-state index contributed by atoms with van der Waals surface area (Å²) in [5.41, 5.74) is 0.928. The molecule has 0 aliphatic rings. The molecule has 0 spiro atoms. The smallest absolute Gasteiger partial charge is 0.105 e. The molecule has 0 bridgehead atoms. The van der Waals surface area contributed by atoms with Gasteiger partial charge in [0, 0.05) is 19.1 Å². The van der Waals surface area contributed by atoms with E-state index in [0.29, 0.717) is 6.04 Å². The van der Waals surface area contributed by atoms with Gasteiger partial charge in [-0.05, 0) is 46.2 Å². The Labute approximate surface area is 123 Å². The van der Waals surface area contributed by atoms with E-state index in [-0.39, 0.29) is 0 Å². The van der Waals surface area contributed by atoms with Crippen molar-refractivity contribution in [1.82, 2.24) is 10.2 Å². The van der Waals surface area contributed by atoms with E-state index < -0.39 is 5.54 Å². The van der Waals surface area contributed by atoms with Crippen molar-refractivity contribution in [3.05, 3.63) is 35.9 Å². The van der Waals surface area contributed by atoms with E-state index in [9.17, 15) is 5.26 Å². The quantitative estimate of drug-likeness (QED) is 0.791. The number of rotatable bonds is 8. The molecule has 0 aliphatic carbocycles. The van der Waals surface area contributed by atoms with Gasteiger partial charge in [0.25, 0.3) is 0 Å². The van der Waals surface area contributed by atoms with E-state index in [1.807, 2.05) is 13.0 Å². The molecule has 20 heavy (non-hydrogen) atoms. The Hall–Kier alpha value is -1.37. The van der Waals surface area contributed by atoms with Crippen molar-refractivity contribution in [3.8, 4) is 6.07 Å². The number of likely N-dealkylation sites (N-methyl/N-ethyl adjacent to an activating group) is 1. The van der Waals surface area contributed by atoms with Crippen molar-refractivity contribution in [3.63, 3.8) is 0 Å². The minimum absolute atomic E-state index is 0.328. The minimum Gasteiger partial charge on any atom is -0.306 e. The molecule has 0 radical (unpaired) electrons.